The van der Waals surface area contributed by atoms with Crippen molar-refractivity contribution in [3.8, 4) is 0 Å². The van der Waals surface area contributed by atoms with Crippen molar-refractivity contribution in [3.63, 3.8) is 0 Å². The number of hydrogen-bond donors (Lipinski definition) is 2. The van der Waals surface area contributed by atoms with Gasteiger partial charge in [-0.1, -0.05) is 0 Å². The van der Waals surface area contributed by atoms with Gasteiger partial charge in [-0.3, -0.25) is 0 Å². The maximum Gasteiger partial charge on any atom is 0.408 e. The number of fused-ring (bicyclic) bond motifs is 1. The van der Waals surface area contributed by atoms with Crippen LogP contribution in [0.1, 0.15) is 32.2 Å². The number of ether oxygens (including phenoxy) is 1. The van der Waals surface area contributed by atoms with Crippen molar-refractivity contribution in [1.82, 2.24) is 14.7 Å². The zero-order valence-electron chi connectivity index (χ0n) is 14.0. The van der Waals surface area contributed by atoms with Crippen LogP contribution in [-0.2, 0) is 16.0 Å². The van der Waals surface area contributed by atoms with Crippen LogP contribution in [0.25, 0.3) is 5.65 Å². The molecule has 0 radical (unpaired) electrons. The smallest absolute Gasteiger partial charge is 0.408 e. The van der Waals surface area contributed by atoms with Crippen LogP contribution < -0.4 is 5.32 Å². The Bertz CT molecular complexity index is 779. The quantitative estimate of drug-likeness (QED) is 0.826. The minimum absolute atomic E-state index is 0.0953. The van der Waals surface area contributed by atoms with E-state index in [-0.39, 0.29) is 6.42 Å². The van der Waals surface area contributed by atoms with E-state index in [0.717, 1.165) is 10.2 Å². The van der Waals surface area contributed by atoms with Crippen molar-refractivity contribution in [3.05, 3.63) is 34.2 Å². The van der Waals surface area contributed by atoms with Gasteiger partial charge in [-0.05, 0) is 55.8 Å². The maximum atomic E-state index is 11.9. The van der Waals surface area contributed by atoms with Crippen LogP contribution >= 0.6 is 15.9 Å². The second-order valence-electron chi connectivity index (χ2n) is 6.46. The van der Waals surface area contributed by atoms with Crippen LogP contribution in [0.2, 0.25) is 0 Å². The molecular formula is C16H20BrN3O4. The standard InChI is InChI=1S/C16H20BrN3O4/c1-9-12(20-8-10(17)5-6-13(20)18-9)7-11(14(21)22)19-15(23)24-16(2,3)4/h5-6,8,11H,7H2,1-4H3,(H,19,23)(H,21,22). The van der Waals surface area contributed by atoms with Gasteiger partial charge in [0.25, 0.3) is 0 Å². The normalized spacial score (nSPS) is 12.9. The van der Waals surface area contributed by atoms with Gasteiger partial charge < -0.3 is 19.6 Å². The number of alkyl carbamates (subject to hydrolysis) is 1. The molecule has 8 heteroatoms. The van der Waals surface area contributed by atoms with Crippen LogP contribution in [0.5, 0.6) is 0 Å². The molecule has 0 aromatic carbocycles. The molecule has 2 heterocycles. The summed E-state index contributed by atoms with van der Waals surface area (Å²) in [6.45, 7) is 6.96. The summed E-state index contributed by atoms with van der Waals surface area (Å²) >= 11 is 3.39. The van der Waals surface area contributed by atoms with Crippen molar-refractivity contribution < 1.29 is 19.4 Å². The molecule has 2 N–H and O–H groups in total. The van der Waals surface area contributed by atoms with E-state index < -0.39 is 23.7 Å². The summed E-state index contributed by atoms with van der Waals surface area (Å²) in [6, 6.07) is 2.58. The molecule has 0 spiro atoms. The number of carbonyl (C=O) groups is 2. The predicted molar refractivity (Wildman–Crippen MR) is 92.1 cm³/mol. The highest BCUT2D eigenvalue weighted by molar-refractivity contribution is 9.10. The lowest BCUT2D eigenvalue weighted by atomic mass is 10.1. The summed E-state index contributed by atoms with van der Waals surface area (Å²) < 4.78 is 7.79. The van der Waals surface area contributed by atoms with Crippen LogP contribution in [-0.4, -0.2) is 38.2 Å². The zero-order chi connectivity index (χ0) is 18.1. The first-order valence-corrected chi connectivity index (χ1v) is 8.21. The van der Waals surface area contributed by atoms with Crippen molar-refractivity contribution in [1.29, 1.82) is 0 Å². The fourth-order valence-corrected chi connectivity index (χ4v) is 2.61. The summed E-state index contributed by atoms with van der Waals surface area (Å²) in [7, 11) is 0. The van der Waals surface area contributed by atoms with Crippen LogP contribution in [0.15, 0.2) is 22.8 Å². The van der Waals surface area contributed by atoms with Crippen LogP contribution in [0, 0.1) is 6.92 Å². The van der Waals surface area contributed by atoms with E-state index in [1.165, 1.54) is 0 Å². The number of carbonyl (C=O) groups excluding carboxylic acids is 1. The Morgan fingerprint density at radius 3 is 2.67 bits per heavy atom. The van der Waals surface area contributed by atoms with Crippen molar-refractivity contribution in [2.24, 2.45) is 0 Å². The molecule has 1 atom stereocenters. The summed E-state index contributed by atoms with van der Waals surface area (Å²) in [5.74, 6) is -1.13. The molecule has 2 aromatic heterocycles. The van der Waals surface area contributed by atoms with Gasteiger partial charge in [-0.15, -0.1) is 0 Å². The number of carboxylic acids is 1. The molecule has 0 saturated carbocycles. The molecule has 130 valence electrons. The molecule has 0 aliphatic heterocycles. The Morgan fingerprint density at radius 1 is 1.42 bits per heavy atom. The number of hydrogen-bond acceptors (Lipinski definition) is 4. The molecule has 0 fully saturated rings. The monoisotopic (exact) mass is 397 g/mol. The average molecular weight is 398 g/mol. The SMILES string of the molecule is Cc1nc2ccc(Br)cn2c1CC(NC(=O)OC(C)(C)C)C(=O)O. The molecule has 0 saturated heterocycles. The van der Waals surface area contributed by atoms with E-state index in [1.807, 2.05) is 29.7 Å². The zero-order valence-corrected chi connectivity index (χ0v) is 15.5. The number of nitrogens with zero attached hydrogens (tertiary/aromatic N) is 2. The van der Waals surface area contributed by atoms with Crippen LogP contribution in [0.4, 0.5) is 4.79 Å². The van der Waals surface area contributed by atoms with E-state index in [2.05, 4.69) is 26.2 Å². The van der Waals surface area contributed by atoms with E-state index in [1.54, 1.807) is 20.8 Å². The maximum absolute atomic E-state index is 11.9. The minimum atomic E-state index is -1.13. The second-order valence-corrected chi connectivity index (χ2v) is 7.38. The third-order valence-corrected chi connectivity index (χ3v) is 3.74. The molecule has 0 bridgehead atoms. The molecule has 0 aliphatic carbocycles. The predicted octanol–water partition coefficient (Wildman–Crippen LogP) is 2.93. The molecule has 1 unspecified atom stereocenters. The van der Waals surface area contributed by atoms with Gasteiger partial charge in [0.15, 0.2) is 0 Å². The molecule has 0 aliphatic rings. The number of aliphatic carboxylic acids is 1. The van der Waals surface area contributed by atoms with E-state index in [9.17, 15) is 14.7 Å². The first kappa shape index (κ1) is 18.3. The first-order chi connectivity index (χ1) is 11.1. The van der Waals surface area contributed by atoms with E-state index in [0.29, 0.717) is 11.3 Å². The summed E-state index contributed by atoms with van der Waals surface area (Å²) in [6.07, 6.45) is 1.15. The summed E-state index contributed by atoms with van der Waals surface area (Å²) in [5.41, 5.74) is 1.45. The number of aromatic nitrogens is 2. The molecule has 24 heavy (non-hydrogen) atoms. The molecule has 1 amide bonds. The van der Waals surface area contributed by atoms with Crippen molar-refractivity contribution in [2.75, 3.05) is 0 Å². The molecule has 2 rings (SSSR count). The Kier molecular flexibility index (Phi) is 5.17. The number of rotatable bonds is 4. The average Bonchev–Trinajstić information content (AvgIpc) is 2.72. The fraction of sp³-hybridized carbons (Fsp3) is 0.438. The lowest BCUT2D eigenvalue weighted by Crippen LogP contribution is -2.45. The van der Waals surface area contributed by atoms with E-state index >= 15 is 0 Å². The van der Waals surface area contributed by atoms with Gasteiger partial charge >= 0.3 is 12.1 Å². The van der Waals surface area contributed by atoms with Gasteiger partial charge in [0, 0.05) is 22.8 Å². The Labute approximate surface area is 148 Å². The summed E-state index contributed by atoms with van der Waals surface area (Å²) in [5, 5.41) is 11.8. The minimum Gasteiger partial charge on any atom is -0.480 e. The van der Waals surface area contributed by atoms with Gasteiger partial charge in [0.2, 0.25) is 0 Å². The molecule has 2 aromatic rings. The van der Waals surface area contributed by atoms with E-state index in [4.69, 9.17) is 4.74 Å². The van der Waals surface area contributed by atoms with Gasteiger partial charge in [-0.25, -0.2) is 14.6 Å². The first-order valence-electron chi connectivity index (χ1n) is 7.42. The second kappa shape index (κ2) is 6.80. The topological polar surface area (TPSA) is 92.9 Å². The van der Waals surface area contributed by atoms with Crippen molar-refractivity contribution in [2.45, 2.75) is 45.8 Å². The third kappa shape index (κ3) is 4.47. The number of amides is 1. The highest BCUT2D eigenvalue weighted by Gasteiger charge is 2.26. The number of halogens is 1. The number of aryl methyl sites for hydroxylation is 1. The van der Waals surface area contributed by atoms with Gasteiger partial charge in [0.1, 0.15) is 17.3 Å². The Hall–Kier alpha value is -2.09. The lowest BCUT2D eigenvalue weighted by molar-refractivity contribution is -0.139. The lowest BCUT2D eigenvalue weighted by Gasteiger charge is -2.22. The third-order valence-electron chi connectivity index (χ3n) is 3.27. The number of nitrogens with one attached hydrogen (secondary N) is 1. The molecular weight excluding hydrogens is 378 g/mol. The Balaban J connectivity index is 2.25. The molecule has 7 nitrogen and oxygen atoms in total. The van der Waals surface area contributed by atoms with Crippen molar-refractivity contribution >= 4 is 33.6 Å². The highest BCUT2D eigenvalue weighted by Crippen LogP contribution is 2.18. The summed E-state index contributed by atoms with van der Waals surface area (Å²) in [4.78, 5) is 27.8. The largest absolute Gasteiger partial charge is 0.480 e. The van der Waals surface area contributed by atoms with Crippen LogP contribution in [0.3, 0.4) is 0 Å². The number of imidazole rings is 1. The number of pyridine rings is 1. The Morgan fingerprint density at radius 2 is 2.08 bits per heavy atom. The number of carboxylic acid groups (broad SMARTS) is 1. The highest BCUT2D eigenvalue weighted by atomic mass is 79.9. The van der Waals surface area contributed by atoms with Gasteiger partial charge in [-0.2, -0.15) is 0 Å². The fourth-order valence-electron chi connectivity index (χ4n) is 2.27. The van der Waals surface area contributed by atoms with Gasteiger partial charge in [0.05, 0.1) is 5.69 Å².